The van der Waals surface area contributed by atoms with Crippen molar-refractivity contribution in [1.82, 2.24) is 10.2 Å². The van der Waals surface area contributed by atoms with E-state index >= 15 is 0 Å². The molecule has 3 aromatic rings. The highest BCUT2D eigenvalue weighted by atomic mass is 16.3. The normalized spacial score (nSPS) is 15.8. The highest BCUT2D eigenvalue weighted by molar-refractivity contribution is 6.54. The first kappa shape index (κ1) is 17.8. The fraction of sp³-hybridized carbons (Fsp3) is 0.261. The van der Waals surface area contributed by atoms with E-state index in [1.807, 2.05) is 42.2 Å². The van der Waals surface area contributed by atoms with Crippen LogP contribution in [0, 0.1) is 6.92 Å². The van der Waals surface area contributed by atoms with Gasteiger partial charge in [0.1, 0.15) is 11.5 Å². The predicted octanol–water partition coefficient (Wildman–Crippen LogP) is 2.89. The molecule has 1 N–H and O–H groups in total. The van der Waals surface area contributed by atoms with Crippen LogP contribution in [-0.2, 0) is 17.8 Å². The number of aryl methyl sites for hydroxylation is 1. The lowest BCUT2D eigenvalue weighted by Gasteiger charge is -2.25. The molecule has 1 aromatic heterocycles. The van der Waals surface area contributed by atoms with Crippen molar-refractivity contribution in [3.05, 3.63) is 58.3 Å². The molecule has 0 unspecified atom stereocenters. The third-order valence-electron chi connectivity index (χ3n) is 5.97. The zero-order chi connectivity index (χ0) is 20.3. The molecule has 0 saturated carbocycles. The largest absolute Gasteiger partial charge is 0.459 e. The van der Waals surface area contributed by atoms with Gasteiger partial charge in [0.15, 0.2) is 0 Å². The number of likely N-dealkylation sites (N-methyl/N-ethyl adjacent to an activating group) is 1. The van der Waals surface area contributed by atoms with E-state index in [4.69, 9.17) is 4.42 Å². The SMILES string of the molecule is CNC(=O)CN1CCc2c(oc3c2C(=O)C(=O)c2c-3ccc3c(C)cccc23)C1. The standard InChI is InChI=1S/C23H20N2O4/c1-12-4-3-5-14-13(12)6-7-16-19(14)21(27)22(28)20-15-8-9-25(11-18(26)24-2)10-17(15)29-23(16)20/h3-7H,8-11H2,1-2H3,(H,24,26). The molecule has 29 heavy (non-hydrogen) atoms. The molecular weight excluding hydrogens is 368 g/mol. The van der Waals surface area contributed by atoms with E-state index in [0.717, 1.165) is 21.9 Å². The third-order valence-corrected chi connectivity index (χ3v) is 5.97. The van der Waals surface area contributed by atoms with Crippen molar-refractivity contribution in [3.8, 4) is 11.3 Å². The zero-order valence-electron chi connectivity index (χ0n) is 16.3. The highest BCUT2D eigenvalue weighted by Crippen LogP contribution is 2.43. The van der Waals surface area contributed by atoms with Crippen LogP contribution in [0.2, 0.25) is 0 Å². The Morgan fingerprint density at radius 1 is 1.10 bits per heavy atom. The van der Waals surface area contributed by atoms with E-state index in [1.165, 1.54) is 0 Å². The van der Waals surface area contributed by atoms with E-state index in [1.54, 1.807) is 7.05 Å². The Bertz CT molecular complexity index is 1220. The van der Waals surface area contributed by atoms with Crippen LogP contribution in [0.4, 0.5) is 0 Å². The molecule has 2 aromatic carbocycles. The van der Waals surface area contributed by atoms with Crippen molar-refractivity contribution in [3.63, 3.8) is 0 Å². The summed E-state index contributed by atoms with van der Waals surface area (Å²) in [6.45, 7) is 3.34. The molecule has 0 spiro atoms. The van der Waals surface area contributed by atoms with Crippen LogP contribution in [0.25, 0.3) is 22.1 Å². The zero-order valence-corrected chi connectivity index (χ0v) is 16.3. The first-order chi connectivity index (χ1) is 14.0. The Kier molecular flexibility index (Phi) is 3.93. The lowest BCUT2D eigenvalue weighted by molar-refractivity contribution is -0.122. The summed E-state index contributed by atoms with van der Waals surface area (Å²) in [6, 6.07) is 9.63. The second kappa shape index (κ2) is 6.39. The Morgan fingerprint density at radius 2 is 1.90 bits per heavy atom. The van der Waals surface area contributed by atoms with Gasteiger partial charge in [-0.2, -0.15) is 0 Å². The lowest BCUT2D eigenvalue weighted by Crippen LogP contribution is -2.38. The number of Topliss-reactive ketones (excluding diaryl/α,β-unsaturated/α-hetero) is 2. The summed E-state index contributed by atoms with van der Waals surface area (Å²) in [5, 5.41) is 4.36. The minimum atomic E-state index is -0.494. The maximum Gasteiger partial charge on any atom is 0.237 e. The van der Waals surface area contributed by atoms with Gasteiger partial charge in [-0.05, 0) is 35.7 Å². The summed E-state index contributed by atoms with van der Waals surface area (Å²) in [5.41, 5.74) is 3.37. The van der Waals surface area contributed by atoms with E-state index < -0.39 is 11.6 Å². The lowest BCUT2D eigenvalue weighted by atomic mass is 9.82. The van der Waals surface area contributed by atoms with Crippen molar-refractivity contribution >= 4 is 28.2 Å². The Labute approximate surface area is 167 Å². The van der Waals surface area contributed by atoms with E-state index in [0.29, 0.717) is 47.7 Å². The van der Waals surface area contributed by atoms with Crippen molar-refractivity contribution in [2.24, 2.45) is 0 Å². The summed E-state index contributed by atoms with van der Waals surface area (Å²) >= 11 is 0. The van der Waals surface area contributed by atoms with Gasteiger partial charge in [-0.25, -0.2) is 0 Å². The summed E-state index contributed by atoms with van der Waals surface area (Å²) in [6.07, 6.45) is 0.576. The molecule has 0 radical (unpaired) electrons. The van der Waals surface area contributed by atoms with Gasteiger partial charge in [-0.15, -0.1) is 0 Å². The van der Waals surface area contributed by atoms with Crippen LogP contribution >= 0.6 is 0 Å². The molecule has 1 amide bonds. The average molecular weight is 388 g/mol. The first-order valence-electron chi connectivity index (χ1n) is 9.68. The molecule has 2 aliphatic rings. The van der Waals surface area contributed by atoms with E-state index in [2.05, 4.69) is 5.32 Å². The van der Waals surface area contributed by atoms with Crippen LogP contribution in [0.15, 0.2) is 34.7 Å². The maximum absolute atomic E-state index is 13.1. The maximum atomic E-state index is 13.1. The van der Waals surface area contributed by atoms with Gasteiger partial charge in [-0.1, -0.05) is 24.3 Å². The Morgan fingerprint density at radius 3 is 2.69 bits per heavy atom. The second-order valence-electron chi connectivity index (χ2n) is 7.66. The number of benzene rings is 2. The highest BCUT2D eigenvalue weighted by Gasteiger charge is 2.39. The van der Waals surface area contributed by atoms with E-state index in [-0.39, 0.29) is 12.5 Å². The van der Waals surface area contributed by atoms with Crippen molar-refractivity contribution in [2.75, 3.05) is 20.1 Å². The fourth-order valence-corrected chi connectivity index (χ4v) is 4.48. The minimum Gasteiger partial charge on any atom is -0.459 e. The van der Waals surface area contributed by atoms with Crippen LogP contribution in [-0.4, -0.2) is 42.5 Å². The van der Waals surface area contributed by atoms with Gasteiger partial charge < -0.3 is 9.73 Å². The summed E-state index contributed by atoms with van der Waals surface area (Å²) in [4.78, 5) is 39.8. The van der Waals surface area contributed by atoms with Crippen LogP contribution < -0.4 is 5.32 Å². The number of rotatable bonds is 2. The number of hydrogen-bond donors (Lipinski definition) is 1. The number of amides is 1. The molecule has 146 valence electrons. The number of hydrogen-bond acceptors (Lipinski definition) is 5. The molecule has 5 rings (SSSR count). The number of ketones is 2. The van der Waals surface area contributed by atoms with Crippen molar-refractivity contribution in [2.45, 2.75) is 19.9 Å². The number of carbonyl (C=O) groups is 3. The molecule has 6 nitrogen and oxygen atoms in total. The first-order valence-corrected chi connectivity index (χ1v) is 9.68. The van der Waals surface area contributed by atoms with Gasteiger partial charge in [0.05, 0.1) is 18.7 Å². The number of fused-ring (bicyclic) bond motifs is 7. The van der Waals surface area contributed by atoms with Gasteiger partial charge >= 0.3 is 0 Å². The third kappa shape index (κ3) is 2.56. The monoisotopic (exact) mass is 388 g/mol. The molecule has 0 fully saturated rings. The van der Waals surface area contributed by atoms with Crippen LogP contribution in [0.3, 0.4) is 0 Å². The van der Waals surface area contributed by atoms with Gasteiger partial charge in [0.25, 0.3) is 0 Å². The molecule has 0 atom stereocenters. The molecule has 1 aliphatic carbocycles. The molecule has 1 aliphatic heterocycles. The molecule has 0 bridgehead atoms. The molecule has 0 saturated heterocycles. The Hall–Kier alpha value is -3.25. The quantitative estimate of drug-likeness (QED) is 0.683. The number of furan rings is 1. The molecule has 6 heteroatoms. The Balaban J connectivity index is 1.66. The number of carbonyl (C=O) groups excluding carboxylic acids is 3. The van der Waals surface area contributed by atoms with Gasteiger partial charge in [0, 0.05) is 30.3 Å². The van der Waals surface area contributed by atoms with Gasteiger partial charge in [-0.3, -0.25) is 19.3 Å². The second-order valence-corrected chi connectivity index (χ2v) is 7.66. The number of nitrogens with one attached hydrogen (secondary N) is 1. The van der Waals surface area contributed by atoms with Crippen molar-refractivity contribution < 1.29 is 18.8 Å². The van der Waals surface area contributed by atoms with E-state index in [9.17, 15) is 14.4 Å². The molecule has 2 heterocycles. The summed E-state index contributed by atoms with van der Waals surface area (Å²) < 4.78 is 6.15. The van der Waals surface area contributed by atoms with Gasteiger partial charge in [0.2, 0.25) is 17.5 Å². The fourth-order valence-electron chi connectivity index (χ4n) is 4.48. The molecular formula is C23H20N2O4. The minimum absolute atomic E-state index is 0.0665. The summed E-state index contributed by atoms with van der Waals surface area (Å²) in [7, 11) is 1.61. The summed E-state index contributed by atoms with van der Waals surface area (Å²) in [5.74, 6) is 0.123. The number of nitrogens with zero attached hydrogens (tertiary/aromatic N) is 1. The average Bonchev–Trinajstić information content (AvgIpc) is 3.10. The van der Waals surface area contributed by atoms with Crippen LogP contribution in [0.1, 0.15) is 37.6 Å². The smallest absolute Gasteiger partial charge is 0.237 e. The predicted molar refractivity (Wildman–Crippen MR) is 108 cm³/mol. The topological polar surface area (TPSA) is 79.6 Å². The van der Waals surface area contributed by atoms with Crippen molar-refractivity contribution in [1.29, 1.82) is 0 Å². The van der Waals surface area contributed by atoms with Crippen LogP contribution in [0.5, 0.6) is 0 Å².